The molecule has 0 saturated heterocycles. The van der Waals surface area contributed by atoms with Crippen LogP contribution in [-0.2, 0) is 9.53 Å². The Balaban J connectivity index is 3.82. The summed E-state index contributed by atoms with van der Waals surface area (Å²) in [5.74, 6) is -9.34. The van der Waals surface area contributed by atoms with Gasteiger partial charge in [-0.2, -0.15) is 52.7 Å². The van der Waals surface area contributed by atoms with E-state index in [9.17, 15) is 72.8 Å². The maximum atomic E-state index is 13.3. The number of halogens is 12. The predicted octanol–water partition coefficient (Wildman–Crippen LogP) is 3.57. The molecule has 1 fully saturated rings. The lowest BCUT2D eigenvalue weighted by Crippen LogP contribution is -2.71. The van der Waals surface area contributed by atoms with Crippen LogP contribution < -0.4 is 0 Å². The van der Waals surface area contributed by atoms with Crippen molar-refractivity contribution < 1.29 is 77.5 Å². The van der Waals surface area contributed by atoms with Crippen molar-refractivity contribution in [3.8, 4) is 0 Å². The highest BCUT2D eigenvalue weighted by atomic mass is 19.4. The van der Waals surface area contributed by atoms with Gasteiger partial charge in [0.05, 0.1) is 6.10 Å². The lowest BCUT2D eigenvalue weighted by atomic mass is 9.63. The molecule has 5 nitrogen and oxygen atoms in total. The summed E-state index contributed by atoms with van der Waals surface area (Å²) in [7, 11) is 0. The molecule has 1 rings (SSSR count). The Morgan fingerprint density at radius 1 is 0.758 bits per heavy atom. The van der Waals surface area contributed by atoms with Gasteiger partial charge in [-0.25, -0.2) is 4.79 Å². The molecule has 0 aliphatic heterocycles. The molecule has 0 aromatic carbocycles. The number of aliphatic hydroxyl groups is 3. The summed E-state index contributed by atoms with van der Waals surface area (Å²) in [5, 5.41) is 29.0. The highest BCUT2D eigenvalue weighted by Gasteiger charge is 2.80. The molecule has 1 aliphatic rings. The Morgan fingerprint density at radius 2 is 1.03 bits per heavy atom. The van der Waals surface area contributed by atoms with Gasteiger partial charge in [0.15, 0.2) is 0 Å². The normalized spacial score (nSPS) is 26.2. The van der Waals surface area contributed by atoms with Gasteiger partial charge in [0.2, 0.25) is 0 Å². The van der Waals surface area contributed by atoms with E-state index in [-0.39, 0.29) is 0 Å². The summed E-state index contributed by atoms with van der Waals surface area (Å²) >= 11 is 0. The minimum Gasteiger partial charge on any atom is -0.459 e. The Morgan fingerprint density at radius 3 is 1.24 bits per heavy atom. The summed E-state index contributed by atoms with van der Waals surface area (Å²) in [6.45, 7) is 3.87. The topological polar surface area (TPSA) is 87.0 Å². The van der Waals surface area contributed by atoms with Gasteiger partial charge in [-0.15, -0.1) is 0 Å². The maximum absolute atomic E-state index is 13.3. The van der Waals surface area contributed by atoms with Gasteiger partial charge in [-0.05, 0) is 19.8 Å². The molecule has 0 amide bonds. The Bertz CT molecular complexity index is 675. The highest BCUT2D eigenvalue weighted by molar-refractivity contribution is 5.87. The maximum Gasteiger partial charge on any atom is 0.426 e. The van der Waals surface area contributed by atoms with Crippen LogP contribution in [0, 0.1) is 11.8 Å². The van der Waals surface area contributed by atoms with Gasteiger partial charge >= 0.3 is 30.7 Å². The van der Waals surface area contributed by atoms with Crippen LogP contribution in [0.1, 0.15) is 19.8 Å². The van der Waals surface area contributed by atoms with Crippen LogP contribution in [0.25, 0.3) is 0 Å². The number of esters is 1. The fraction of sp³-hybridized carbons (Fsp3) is 0.812. The lowest BCUT2D eigenvalue weighted by Gasteiger charge is -2.51. The van der Waals surface area contributed by atoms with E-state index in [0.717, 1.165) is 6.92 Å². The fourth-order valence-electron chi connectivity index (χ4n) is 3.57. The van der Waals surface area contributed by atoms with E-state index in [1.807, 2.05) is 0 Å². The van der Waals surface area contributed by atoms with E-state index in [2.05, 4.69) is 11.3 Å². The van der Waals surface area contributed by atoms with Crippen LogP contribution in [0.15, 0.2) is 12.2 Å². The molecular formula is C16H16F12O5. The molecular weight excluding hydrogens is 500 g/mol. The third-order valence-electron chi connectivity index (χ3n) is 5.28. The zero-order valence-electron chi connectivity index (χ0n) is 16.1. The second-order valence-corrected chi connectivity index (χ2v) is 7.51. The van der Waals surface area contributed by atoms with Crippen molar-refractivity contribution in [2.45, 2.75) is 67.9 Å². The summed E-state index contributed by atoms with van der Waals surface area (Å²) < 4.78 is 163. The molecule has 0 spiro atoms. The largest absolute Gasteiger partial charge is 0.459 e. The molecule has 194 valence electrons. The van der Waals surface area contributed by atoms with Gasteiger partial charge < -0.3 is 20.1 Å². The summed E-state index contributed by atoms with van der Waals surface area (Å²) in [5.41, 5.74) is -12.7. The molecule has 3 N–H and O–H groups in total. The molecule has 0 bridgehead atoms. The zero-order chi connectivity index (χ0) is 26.6. The second-order valence-electron chi connectivity index (χ2n) is 7.51. The van der Waals surface area contributed by atoms with Crippen LogP contribution >= 0.6 is 0 Å². The van der Waals surface area contributed by atoms with Gasteiger partial charge in [0.1, 0.15) is 6.10 Å². The summed E-state index contributed by atoms with van der Waals surface area (Å²) in [4.78, 5) is 11.6. The zero-order valence-corrected chi connectivity index (χ0v) is 16.1. The molecule has 1 aliphatic carbocycles. The smallest absolute Gasteiger partial charge is 0.426 e. The molecule has 0 radical (unpaired) electrons. The summed E-state index contributed by atoms with van der Waals surface area (Å²) in [6.07, 6.45) is -37.2. The highest BCUT2D eigenvalue weighted by Crippen LogP contribution is 2.58. The first kappa shape index (κ1) is 29.3. The number of alkyl halides is 12. The van der Waals surface area contributed by atoms with Gasteiger partial charge in [-0.1, -0.05) is 6.58 Å². The first-order valence-electron chi connectivity index (χ1n) is 8.60. The SMILES string of the molecule is C=C(C)C(=O)OC1CC(C(O)(C(F)(F)F)C(F)(F)F)C(O)C(C(O)(C(F)(F)F)C(F)(F)F)C1. The number of hydrogen-bond acceptors (Lipinski definition) is 5. The molecule has 33 heavy (non-hydrogen) atoms. The van der Waals surface area contributed by atoms with Crippen molar-refractivity contribution in [1.29, 1.82) is 0 Å². The second kappa shape index (κ2) is 8.48. The average Bonchev–Trinajstić information content (AvgIpc) is 2.57. The van der Waals surface area contributed by atoms with Crippen LogP contribution in [0.2, 0.25) is 0 Å². The summed E-state index contributed by atoms with van der Waals surface area (Å²) in [6, 6.07) is 0. The Kier molecular flexibility index (Phi) is 7.52. The number of rotatable bonds is 4. The van der Waals surface area contributed by atoms with E-state index in [4.69, 9.17) is 0 Å². The van der Waals surface area contributed by atoms with Crippen LogP contribution in [0.4, 0.5) is 52.7 Å². The number of carbonyl (C=O) groups excluding carboxylic acids is 1. The van der Waals surface area contributed by atoms with Crippen molar-refractivity contribution >= 4 is 5.97 Å². The van der Waals surface area contributed by atoms with Gasteiger partial charge in [0, 0.05) is 17.4 Å². The molecule has 0 aromatic rings. The van der Waals surface area contributed by atoms with Crippen molar-refractivity contribution in [2.24, 2.45) is 11.8 Å². The van der Waals surface area contributed by atoms with Gasteiger partial charge in [-0.3, -0.25) is 0 Å². The third kappa shape index (κ3) is 4.89. The van der Waals surface area contributed by atoms with Crippen molar-refractivity contribution in [2.75, 3.05) is 0 Å². The van der Waals surface area contributed by atoms with E-state index in [1.54, 1.807) is 0 Å². The number of hydrogen-bond donors (Lipinski definition) is 3. The van der Waals surface area contributed by atoms with Crippen molar-refractivity contribution in [1.82, 2.24) is 0 Å². The fourth-order valence-corrected chi connectivity index (χ4v) is 3.57. The first-order valence-corrected chi connectivity index (χ1v) is 8.60. The lowest BCUT2D eigenvalue weighted by molar-refractivity contribution is -0.417. The molecule has 1 saturated carbocycles. The van der Waals surface area contributed by atoms with E-state index < -0.39 is 84.3 Å². The molecule has 2 atom stereocenters. The molecule has 0 aromatic heterocycles. The molecule has 17 heteroatoms. The molecule has 2 unspecified atom stereocenters. The predicted molar refractivity (Wildman–Crippen MR) is 81.0 cm³/mol. The van der Waals surface area contributed by atoms with Gasteiger partial charge in [0.25, 0.3) is 11.2 Å². The van der Waals surface area contributed by atoms with Crippen LogP contribution in [0.5, 0.6) is 0 Å². The monoisotopic (exact) mass is 516 g/mol. The third-order valence-corrected chi connectivity index (χ3v) is 5.28. The average molecular weight is 516 g/mol. The van der Waals surface area contributed by atoms with E-state index >= 15 is 0 Å². The van der Waals surface area contributed by atoms with E-state index in [1.165, 1.54) is 0 Å². The Hall–Kier alpha value is -1.75. The minimum absolute atomic E-state index is 0.585. The van der Waals surface area contributed by atoms with Crippen LogP contribution in [0.3, 0.4) is 0 Å². The number of ether oxygens (including phenoxy) is 1. The number of aliphatic hydroxyl groups excluding tert-OH is 1. The first-order chi connectivity index (χ1) is 14.3. The minimum atomic E-state index is -6.77. The van der Waals surface area contributed by atoms with Crippen molar-refractivity contribution in [3.63, 3.8) is 0 Å². The van der Waals surface area contributed by atoms with Crippen molar-refractivity contribution in [3.05, 3.63) is 12.2 Å². The number of carbonyl (C=O) groups is 1. The van der Waals surface area contributed by atoms with E-state index in [0.29, 0.717) is 0 Å². The van der Waals surface area contributed by atoms with Crippen LogP contribution in [-0.4, -0.2) is 69.4 Å². The quantitative estimate of drug-likeness (QED) is 0.302. The standard InChI is InChI=1S/C16H16F12O5/c1-5(2)10(30)33-6-3-7(11(31,13(17,18)19)14(20,21)22)9(29)8(4-6)12(32,15(23,24)25)16(26,27)28/h6-9,29,31-32H,1,3-4H2,2H3. The Labute approximate surface area is 176 Å². The molecule has 0 heterocycles.